The zero-order valence-corrected chi connectivity index (χ0v) is 16.7. The van der Waals surface area contributed by atoms with Gasteiger partial charge >= 0.3 is 0 Å². The summed E-state index contributed by atoms with van der Waals surface area (Å²) in [5.74, 6) is 0.819. The summed E-state index contributed by atoms with van der Waals surface area (Å²) in [5, 5.41) is 0.632. The van der Waals surface area contributed by atoms with Gasteiger partial charge in [0.05, 0.1) is 5.02 Å². The van der Waals surface area contributed by atoms with Crippen LogP contribution < -0.4 is 9.64 Å². The topological polar surface area (TPSA) is 36.0 Å². The average Bonchev–Trinajstić information content (AvgIpc) is 2.69. The van der Waals surface area contributed by atoms with Crippen LogP contribution in [0.25, 0.3) is 0 Å². The molecule has 144 valence electrons. The molecule has 1 heterocycles. The minimum absolute atomic E-state index is 0.102. The van der Waals surface area contributed by atoms with Gasteiger partial charge in [-0.15, -0.1) is 0 Å². The molecule has 0 aromatic heterocycles. The molecule has 27 heavy (non-hydrogen) atoms. The van der Waals surface area contributed by atoms with Crippen LogP contribution in [-0.4, -0.2) is 69.1 Å². The molecular weight excluding hydrogens is 362 g/mol. The fourth-order valence-corrected chi connectivity index (χ4v) is 3.31. The van der Waals surface area contributed by atoms with E-state index in [-0.39, 0.29) is 5.91 Å². The van der Waals surface area contributed by atoms with Crippen LogP contribution in [0.3, 0.4) is 0 Å². The van der Waals surface area contributed by atoms with Crippen LogP contribution in [0.1, 0.15) is 10.4 Å². The number of anilines is 1. The second-order valence-corrected chi connectivity index (χ2v) is 7.26. The predicted octanol–water partition coefficient (Wildman–Crippen LogP) is 3.24. The van der Waals surface area contributed by atoms with E-state index in [4.69, 9.17) is 16.3 Å². The van der Waals surface area contributed by atoms with E-state index in [9.17, 15) is 4.79 Å². The van der Waals surface area contributed by atoms with Gasteiger partial charge in [0.1, 0.15) is 12.4 Å². The van der Waals surface area contributed by atoms with E-state index in [2.05, 4.69) is 4.90 Å². The highest BCUT2D eigenvalue weighted by atomic mass is 35.5. The summed E-state index contributed by atoms with van der Waals surface area (Å²) in [4.78, 5) is 19.0. The van der Waals surface area contributed by atoms with E-state index < -0.39 is 0 Å². The third-order valence-corrected chi connectivity index (χ3v) is 5.08. The average molecular weight is 388 g/mol. The van der Waals surface area contributed by atoms with Gasteiger partial charge in [0.25, 0.3) is 5.91 Å². The van der Waals surface area contributed by atoms with Crippen molar-refractivity contribution in [2.75, 3.05) is 58.3 Å². The normalized spacial score (nSPS) is 14.9. The van der Waals surface area contributed by atoms with Crippen molar-refractivity contribution >= 4 is 23.2 Å². The summed E-state index contributed by atoms with van der Waals surface area (Å²) in [6, 6.07) is 15.3. The standard InChI is InChI=1S/C21H26ClN3O2/c1-23(2)18-7-5-6-17(16-18)21(26)25-12-10-24(11-13-25)14-15-27-20-9-4-3-8-19(20)22/h3-9,16H,10-15H2,1-2H3. The smallest absolute Gasteiger partial charge is 0.254 e. The zero-order valence-electron chi connectivity index (χ0n) is 15.9. The number of hydrogen-bond acceptors (Lipinski definition) is 4. The first-order chi connectivity index (χ1) is 13.0. The first kappa shape index (κ1) is 19.5. The molecule has 0 aliphatic carbocycles. The van der Waals surface area contributed by atoms with Crippen molar-refractivity contribution in [3.05, 3.63) is 59.1 Å². The maximum absolute atomic E-state index is 12.8. The third kappa shape index (κ3) is 5.15. The Bertz CT molecular complexity index is 774. The lowest BCUT2D eigenvalue weighted by atomic mass is 10.1. The number of nitrogens with zero attached hydrogens (tertiary/aromatic N) is 3. The SMILES string of the molecule is CN(C)c1cccc(C(=O)N2CCN(CCOc3ccccc3Cl)CC2)c1. The molecule has 2 aromatic carbocycles. The van der Waals surface area contributed by atoms with Gasteiger partial charge in [-0.25, -0.2) is 0 Å². The van der Waals surface area contributed by atoms with Gasteiger partial charge in [-0.2, -0.15) is 0 Å². The number of halogens is 1. The summed E-state index contributed by atoms with van der Waals surface area (Å²) in [5.41, 5.74) is 1.79. The largest absolute Gasteiger partial charge is 0.491 e. The van der Waals surface area contributed by atoms with E-state index >= 15 is 0 Å². The maximum Gasteiger partial charge on any atom is 0.254 e. The second-order valence-electron chi connectivity index (χ2n) is 6.86. The van der Waals surface area contributed by atoms with E-state index in [0.717, 1.165) is 44.0 Å². The summed E-state index contributed by atoms with van der Waals surface area (Å²) >= 11 is 6.10. The van der Waals surface area contributed by atoms with Crippen molar-refractivity contribution in [1.82, 2.24) is 9.80 Å². The molecule has 3 rings (SSSR count). The molecule has 1 aliphatic rings. The van der Waals surface area contributed by atoms with E-state index in [0.29, 0.717) is 17.4 Å². The third-order valence-electron chi connectivity index (χ3n) is 4.77. The van der Waals surface area contributed by atoms with E-state index in [1.165, 1.54) is 0 Å². The number of piperazine rings is 1. The molecule has 0 N–H and O–H groups in total. The summed E-state index contributed by atoms with van der Waals surface area (Å²) < 4.78 is 5.76. The Morgan fingerprint density at radius 3 is 2.52 bits per heavy atom. The molecule has 6 heteroatoms. The minimum Gasteiger partial charge on any atom is -0.491 e. The fourth-order valence-electron chi connectivity index (χ4n) is 3.12. The molecular formula is C21H26ClN3O2. The van der Waals surface area contributed by atoms with Crippen LogP contribution in [0.5, 0.6) is 5.75 Å². The Kier molecular flexibility index (Phi) is 6.58. The highest BCUT2D eigenvalue weighted by Gasteiger charge is 2.22. The Labute approximate surface area is 166 Å². The first-order valence-electron chi connectivity index (χ1n) is 9.21. The molecule has 2 aromatic rings. The lowest BCUT2D eigenvalue weighted by Crippen LogP contribution is -2.49. The summed E-state index contributed by atoms with van der Waals surface area (Å²) in [7, 11) is 3.96. The summed E-state index contributed by atoms with van der Waals surface area (Å²) in [6.45, 7) is 4.58. The van der Waals surface area contributed by atoms with Crippen molar-refractivity contribution in [1.29, 1.82) is 0 Å². The number of carbonyl (C=O) groups is 1. The molecule has 1 amide bonds. The van der Waals surface area contributed by atoms with Gasteiger partial charge in [-0.05, 0) is 30.3 Å². The van der Waals surface area contributed by atoms with Gasteiger partial charge in [0.15, 0.2) is 0 Å². The second kappa shape index (κ2) is 9.11. The number of hydrogen-bond donors (Lipinski definition) is 0. The van der Waals surface area contributed by atoms with Crippen molar-refractivity contribution in [2.24, 2.45) is 0 Å². The zero-order chi connectivity index (χ0) is 19.2. The van der Waals surface area contributed by atoms with E-state index in [1.807, 2.05) is 72.4 Å². The molecule has 0 atom stereocenters. The predicted molar refractivity (Wildman–Crippen MR) is 110 cm³/mol. The molecule has 1 fully saturated rings. The number of amides is 1. The van der Waals surface area contributed by atoms with Crippen molar-refractivity contribution in [2.45, 2.75) is 0 Å². The number of carbonyl (C=O) groups excluding carboxylic acids is 1. The van der Waals surface area contributed by atoms with Gasteiger partial charge < -0.3 is 14.5 Å². The first-order valence-corrected chi connectivity index (χ1v) is 9.59. The van der Waals surface area contributed by atoms with Gasteiger partial charge in [-0.1, -0.05) is 29.8 Å². The Hall–Kier alpha value is -2.24. The molecule has 0 saturated carbocycles. The number of benzene rings is 2. The maximum atomic E-state index is 12.8. The Balaban J connectivity index is 1.46. The van der Waals surface area contributed by atoms with Crippen molar-refractivity contribution in [3.63, 3.8) is 0 Å². The Morgan fingerprint density at radius 1 is 1.07 bits per heavy atom. The molecule has 0 spiro atoms. The van der Waals surface area contributed by atoms with E-state index in [1.54, 1.807) is 0 Å². The van der Waals surface area contributed by atoms with Gasteiger partial charge in [0.2, 0.25) is 0 Å². The van der Waals surface area contributed by atoms with Crippen LogP contribution in [0, 0.1) is 0 Å². The van der Waals surface area contributed by atoms with Gasteiger partial charge in [0, 0.05) is 58.1 Å². The highest BCUT2D eigenvalue weighted by Crippen LogP contribution is 2.23. The Morgan fingerprint density at radius 2 is 1.81 bits per heavy atom. The fraction of sp³-hybridized carbons (Fsp3) is 0.381. The van der Waals surface area contributed by atoms with Crippen LogP contribution in [0.15, 0.2) is 48.5 Å². The highest BCUT2D eigenvalue weighted by molar-refractivity contribution is 6.32. The van der Waals surface area contributed by atoms with Crippen LogP contribution in [-0.2, 0) is 0 Å². The van der Waals surface area contributed by atoms with Gasteiger partial charge in [-0.3, -0.25) is 9.69 Å². The molecule has 0 unspecified atom stereocenters. The van der Waals surface area contributed by atoms with Crippen molar-refractivity contribution < 1.29 is 9.53 Å². The number of para-hydroxylation sites is 1. The molecule has 0 radical (unpaired) electrons. The van der Waals surface area contributed by atoms with Crippen LogP contribution in [0.2, 0.25) is 5.02 Å². The number of rotatable bonds is 6. The molecule has 5 nitrogen and oxygen atoms in total. The summed E-state index contributed by atoms with van der Waals surface area (Å²) in [6.07, 6.45) is 0. The van der Waals surface area contributed by atoms with Crippen LogP contribution >= 0.6 is 11.6 Å². The molecule has 1 aliphatic heterocycles. The number of ether oxygens (including phenoxy) is 1. The molecule has 1 saturated heterocycles. The molecule has 0 bridgehead atoms. The minimum atomic E-state index is 0.102. The monoisotopic (exact) mass is 387 g/mol. The lowest BCUT2D eigenvalue weighted by molar-refractivity contribution is 0.0620. The lowest BCUT2D eigenvalue weighted by Gasteiger charge is -2.34. The quantitative estimate of drug-likeness (QED) is 0.762. The van der Waals surface area contributed by atoms with Crippen LogP contribution in [0.4, 0.5) is 5.69 Å². The van der Waals surface area contributed by atoms with Crippen molar-refractivity contribution in [3.8, 4) is 5.75 Å².